The van der Waals surface area contributed by atoms with E-state index in [-0.39, 0.29) is 56.2 Å². The number of nitrogens with zero attached hydrogens (tertiary/aromatic N) is 5. The number of anilines is 1. The van der Waals surface area contributed by atoms with Crippen molar-refractivity contribution < 1.29 is 27.3 Å². The highest BCUT2D eigenvalue weighted by molar-refractivity contribution is 7.93. The summed E-state index contributed by atoms with van der Waals surface area (Å²) in [4.78, 5) is 34.7. The fourth-order valence-corrected chi connectivity index (χ4v) is 6.88. The third-order valence-corrected chi connectivity index (χ3v) is 9.57. The number of allylic oxidation sites excluding steroid dienone is 1. The first-order valence-electron chi connectivity index (χ1n) is 14.1. The standard InChI is InChI=1S/C31H28Cl2FN5O7S/c1-4-37-18-28(30(33)35-37)47(44,45)38(15-14-20(3)46-31(40)22-9-11-23(12-10-22)39(42)43)27-17-21(8-13-26(27)36-41)16-19(2)29-24(32)6-5-7-25(29)34/h5-13,16-18,20H,4,14-15H2,1-3H3/b19-16+/t20-/m1/s1. The minimum Gasteiger partial charge on any atom is -0.459 e. The number of carbonyl (C=O) groups excluding carboxylic acids is 1. The summed E-state index contributed by atoms with van der Waals surface area (Å²) >= 11 is 12.5. The van der Waals surface area contributed by atoms with Gasteiger partial charge in [0.2, 0.25) is 0 Å². The molecule has 0 fully saturated rings. The van der Waals surface area contributed by atoms with Crippen LogP contribution < -0.4 is 4.31 Å². The summed E-state index contributed by atoms with van der Waals surface area (Å²) in [6, 6.07) is 13.3. The number of ether oxygens (including phenoxy) is 1. The molecule has 0 aliphatic rings. The average Bonchev–Trinajstić information content (AvgIpc) is 3.42. The van der Waals surface area contributed by atoms with Gasteiger partial charge in [0, 0.05) is 43.4 Å². The van der Waals surface area contributed by atoms with Gasteiger partial charge in [0.25, 0.3) is 15.7 Å². The Labute approximate surface area is 279 Å². The SMILES string of the molecule is CCn1cc(S(=O)(=O)N(CC[C@@H](C)OC(=O)c2ccc([N+](=O)[O-])cc2)c2cc(/C=C(\C)c3c(F)cccc3Cl)ccc2N=O)c(Cl)n1. The van der Waals surface area contributed by atoms with E-state index in [0.717, 1.165) is 16.4 Å². The van der Waals surface area contributed by atoms with E-state index in [4.69, 9.17) is 27.9 Å². The van der Waals surface area contributed by atoms with Crippen LogP contribution in [-0.4, -0.2) is 41.7 Å². The number of aryl methyl sites for hydroxylation is 1. The van der Waals surface area contributed by atoms with E-state index < -0.39 is 32.8 Å². The first-order chi connectivity index (χ1) is 22.3. The number of carbonyl (C=O) groups is 1. The van der Waals surface area contributed by atoms with E-state index in [9.17, 15) is 32.6 Å². The van der Waals surface area contributed by atoms with Gasteiger partial charge in [-0.2, -0.15) is 5.10 Å². The van der Waals surface area contributed by atoms with Crippen LogP contribution >= 0.6 is 23.2 Å². The molecule has 0 N–H and O–H groups in total. The van der Waals surface area contributed by atoms with Crippen molar-refractivity contribution in [2.45, 2.75) is 44.7 Å². The number of hydrogen-bond donors (Lipinski definition) is 0. The van der Waals surface area contributed by atoms with Crippen molar-refractivity contribution in [3.05, 3.63) is 115 Å². The Morgan fingerprint density at radius 3 is 2.49 bits per heavy atom. The molecule has 4 aromatic rings. The number of rotatable bonds is 13. The monoisotopic (exact) mass is 703 g/mol. The van der Waals surface area contributed by atoms with Crippen LogP contribution in [0.3, 0.4) is 0 Å². The number of non-ortho nitro benzene ring substituents is 1. The highest BCUT2D eigenvalue weighted by Gasteiger charge is 2.32. The number of nitro groups is 1. The Morgan fingerprint density at radius 1 is 1.19 bits per heavy atom. The molecule has 1 heterocycles. The Balaban J connectivity index is 1.72. The second-order valence-corrected chi connectivity index (χ2v) is 12.9. The molecule has 0 bridgehead atoms. The van der Waals surface area contributed by atoms with E-state index in [0.29, 0.717) is 17.7 Å². The number of halogens is 3. The molecule has 16 heteroatoms. The lowest BCUT2D eigenvalue weighted by Gasteiger charge is -2.26. The van der Waals surface area contributed by atoms with Gasteiger partial charge in [-0.1, -0.05) is 41.4 Å². The fraction of sp³-hybridized carbons (Fsp3) is 0.226. The first-order valence-corrected chi connectivity index (χ1v) is 16.3. The summed E-state index contributed by atoms with van der Waals surface area (Å²) < 4.78 is 50.6. The van der Waals surface area contributed by atoms with E-state index >= 15 is 0 Å². The zero-order valence-electron chi connectivity index (χ0n) is 25.3. The maximum atomic E-state index is 14.6. The highest BCUT2D eigenvalue weighted by atomic mass is 35.5. The van der Waals surface area contributed by atoms with E-state index in [1.165, 1.54) is 66.3 Å². The number of hydrogen-bond acceptors (Lipinski definition) is 9. The normalized spacial score (nSPS) is 12.4. The first kappa shape index (κ1) is 35.2. The van der Waals surface area contributed by atoms with Crippen molar-refractivity contribution in [3.63, 3.8) is 0 Å². The molecule has 0 unspecified atom stereocenters. The average molecular weight is 705 g/mol. The number of nitroso groups, excluding NO2 is 1. The molecule has 0 aliphatic carbocycles. The van der Waals surface area contributed by atoms with Crippen LogP contribution in [0, 0.1) is 20.8 Å². The summed E-state index contributed by atoms with van der Waals surface area (Å²) in [5, 5.41) is 17.9. The lowest BCUT2D eigenvalue weighted by atomic mass is 10.0. The zero-order valence-corrected chi connectivity index (χ0v) is 27.6. The topological polar surface area (TPSA) is 154 Å². The second-order valence-electron chi connectivity index (χ2n) is 10.3. The molecule has 3 aromatic carbocycles. The molecule has 12 nitrogen and oxygen atoms in total. The van der Waals surface area contributed by atoms with Crippen LogP contribution in [-0.2, 0) is 21.3 Å². The molecule has 0 aliphatic heterocycles. The smallest absolute Gasteiger partial charge is 0.338 e. The third kappa shape index (κ3) is 8.02. The predicted molar refractivity (Wildman–Crippen MR) is 177 cm³/mol. The van der Waals surface area contributed by atoms with Crippen molar-refractivity contribution in [1.82, 2.24) is 9.78 Å². The van der Waals surface area contributed by atoms with Crippen LogP contribution in [0.5, 0.6) is 0 Å². The number of esters is 1. The number of benzene rings is 3. The largest absolute Gasteiger partial charge is 0.459 e. The minimum atomic E-state index is -4.49. The Bertz CT molecular complexity index is 1950. The van der Waals surface area contributed by atoms with Gasteiger partial charge in [-0.15, -0.1) is 4.91 Å². The van der Waals surface area contributed by atoms with Crippen LogP contribution in [0.25, 0.3) is 11.6 Å². The van der Waals surface area contributed by atoms with Gasteiger partial charge in [0.15, 0.2) is 5.15 Å². The number of sulfonamides is 1. The second kappa shape index (κ2) is 14.8. The molecule has 1 aromatic heterocycles. The van der Waals surface area contributed by atoms with E-state index in [1.807, 2.05) is 0 Å². The Kier molecular flexibility index (Phi) is 11.1. The molecule has 0 spiro atoms. The minimum absolute atomic E-state index is 0.0558. The molecule has 0 saturated carbocycles. The molecule has 1 atom stereocenters. The van der Waals surface area contributed by atoms with Gasteiger partial charge >= 0.3 is 5.97 Å². The predicted octanol–water partition coefficient (Wildman–Crippen LogP) is 8.05. The van der Waals surface area contributed by atoms with Gasteiger partial charge in [0.05, 0.1) is 21.2 Å². The summed E-state index contributed by atoms with van der Waals surface area (Å²) in [5.74, 6) is -1.33. The molecule has 0 radical (unpaired) electrons. The third-order valence-electron chi connectivity index (χ3n) is 7.05. The summed E-state index contributed by atoms with van der Waals surface area (Å²) in [7, 11) is -4.49. The number of aromatic nitrogens is 2. The lowest BCUT2D eigenvalue weighted by Crippen LogP contribution is -2.34. The number of nitro benzene ring substituents is 1. The van der Waals surface area contributed by atoms with Gasteiger partial charge in [0.1, 0.15) is 22.5 Å². The van der Waals surface area contributed by atoms with Gasteiger partial charge < -0.3 is 4.74 Å². The van der Waals surface area contributed by atoms with Crippen molar-refractivity contribution in [2.24, 2.45) is 5.18 Å². The van der Waals surface area contributed by atoms with Crippen LogP contribution in [0.2, 0.25) is 10.2 Å². The van der Waals surface area contributed by atoms with Gasteiger partial charge in [-0.25, -0.2) is 17.6 Å². The van der Waals surface area contributed by atoms with Crippen molar-refractivity contribution in [1.29, 1.82) is 0 Å². The molecule has 47 heavy (non-hydrogen) atoms. The Hall–Kier alpha value is -4.66. The summed E-state index contributed by atoms with van der Waals surface area (Å²) in [6.45, 7) is 4.93. The summed E-state index contributed by atoms with van der Waals surface area (Å²) in [6.07, 6.45) is 1.92. The maximum Gasteiger partial charge on any atom is 0.338 e. The van der Waals surface area contributed by atoms with E-state index in [1.54, 1.807) is 19.9 Å². The van der Waals surface area contributed by atoms with Gasteiger partial charge in [-0.3, -0.25) is 19.1 Å². The molecular formula is C31H28Cl2FN5O7S. The molecule has 0 amide bonds. The van der Waals surface area contributed by atoms with Crippen LogP contribution in [0.4, 0.5) is 21.5 Å². The highest BCUT2D eigenvalue weighted by Crippen LogP contribution is 2.37. The van der Waals surface area contributed by atoms with Crippen molar-refractivity contribution in [2.75, 3.05) is 10.8 Å². The fourth-order valence-electron chi connectivity index (χ4n) is 4.64. The Morgan fingerprint density at radius 2 is 1.89 bits per heavy atom. The van der Waals surface area contributed by atoms with Gasteiger partial charge in [-0.05, 0) is 73.5 Å². The van der Waals surface area contributed by atoms with Crippen LogP contribution in [0.15, 0.2) is 76.9 Å². The maximum absolute atomic E-state index is 14.6. The molecule has 4 rings (SSSR count). The van der Waals surface area contributed by atoms with Crippen molar-refractivity contribution >= 4 is 67.9 Å². The molecular weight excluding hydrogens is 676 g/mol. The van der Waals surface area contributed by atoms with Crippen LogP contribution in [0.1, 0.15) is 48.7 Å². The lowest BCUT2D eigenvalue weighted by molar-refractivity contribution is -0.384. The van der Waals surface area contributed by atoms with E-state index in [2.05, 4.69) is 10.3 Å². The summed E-state index contributed by atoms with van der Waals surface area (Å²) in [5.41, 5.74) is 0.501. The van der Waals surface area contributed by atoms with Crippen molar-refractivity contribution in [3.8, 4) is 0 Å². The quantitative estimate of drug-likeness (QED) is 0.0445. The molecule has 246 valence electrons. The zero-order chi connectivity index (χ0) is 34.5. The molecule has 0 saturated heterocycles.